The number of Topliss-reactive ketones (excluding diaryl/α,β-unsaturated/α-hetero) is 1. The molecule has 0 saturated carbocycles. The molecule has 0 aliphatic heterocycles. The summed E-state index contributed by atoms with van der Waals surface area (Å²) in [4.78, 5) is 11.4. The maximum atomic E-state index is 13.4. The van der Waals surface area contributed by atoms with Crippen LogP contribution in [0, 0.1) is 17.1 Å². The van der Waals surface area contributed by atoms with E-state index < -0.39 is 11.6 Å². The van der Waals surface area contributed by atoms with Crippen LogP contribution < -0.4 is 0 Å². The summed E-state index contributed by atoms with van der Waals surface area (Å²) in [7, 11) is 0. The number of ketones is 1. The Bertz CT molecular complexity index is 477. The Balaban J connectivity index is 3.19. The second kappa shape index (κ2) is 5.43. The van der Waals surface area contributed by atoms with Crippen molar-refractivity contribution in [1.29, 1.82) is 5.26 Å². The molecule has 16 heavy (non-hydrogen) atoms. The van der Waals surface area contributed by atoms with Gasteiger partial charge in [0.05, 0.1) is 18.1 Å². The normalized spacial score (nSPS) is 9.56. The summed E-state index contributed by atoms with van der Waals surface area (Å²) in [5, 5.41) is 8.64. The molecule has 0 atom stereocenters. The van der Waals surface area contributed by atoms with Gasteiger partial charge in [-0.25, -0.2) is 4.39 Å². The average molecular weight is 238 g/mol. The fraction of sp³-hybridized carbons (Fsp3) is 0.167. The van der Waals surface area contributed by atoms with Gasteiger partial charge in [-0.3, -0.25) is 4.79 Å². The minimum absolute atomic E-state index is 0.0946. The molecule has 0 amide bonds. The molecule has 0 radical (unpaired) electrons. The van der Waals surface area contributed by atoms with Crippen molar-refractivity contribution < 1.29 is 9.18 Å². The van der Waals surface area contributed by atoms with E-state index in [9.17, 15) is 9.18 Å². The van der Waals surface area contributed by atoms with Gasteiger partial charge in [-0.05, 0) is 24.1 Å². The van der Waals surface area contributed by atoms with E-state index in [0.29, 0.717) is 12.0 Å². The van der Waals surface area contributed by atoms with Gasteiger partial charge in [0.2, 0.25) is 0 Å². The first-order chi connectivity index (χ1) is 7.60. The predicted molar refractivity (Wildman–Crippen MR) is 59.9 cm³/mol. The monoisotopic (exact) mass is 237 g/mol. The summed E-state index contributed by atoms with van der Waals surface area (Å²) in [5.41, 5.74) is 0.530. The third kappa shape index (κ3) is 2.68. The van der Waals surface area contributed by atoms with E-state index in [0.717, 1.165) is 6.07 Å². The van der Waals surface area contributed by atoms with Gasteiger partial charge in [0, 0.05) is 5.02 Å². The Morgan fingerprint density at radius 1 is 1.62 bits per heavy atom. The zero-order valence-electron chi connectivity index (χ0n) is 8.46. The predicted octanol–water partition coefficient (Wildman–Crippen LogP) is 3.30. The molecule has 0 fully saturated rings. The number of nitriles is 1. The molecule has 0 aliphatic carbocycles. The van der Waals surface area contributed by atoms with Crippen LogP contribution in [0.1, 0.15) is 22.3 Å². The molecule has 0 heterocycles. The van der Waals surface area contributed by atoms with E-state index in [1.54, 1.807) is 12.1 Å². The summed E-state index contributed by atoms with van der Waals surface area (Å²) in [5.74, 6) is -1.24. The molecular formula is C12H9ClFNO. The minimum Gasteiger partial charge on any atom is -0.293 e. The van der Waals surface area contributed by atoms with Crippen LogP contribution in [0.5, 0.6) is 0 Å². The first-order valence-electron chi connectivity index (χ1n) is 4.59. The van der Waals surface area contributed by atoms with Crippen LogP contribution in [0.4, 0.5) is 4.39 Å². The summed E-state index contributed by atoms with van der Waals surface area (Å²) < 4.78 is 13.4. The Morgan fingerprint density at radius 2 is 2.31 bits per heavy atom. The van der Waals surface area contributed by atoms with E-state index in [2.05, 4.69) is 6.58 Å². The number of benzene rings is 1. The molecular weight excluding hydrogens is 229 g/mol. The van der Waals surface area contributed by atoms with E-state index in [-0.39, 0.29) is 17.0 Å². The summed E-state index contributed by atoms with van der Waals surface area (Å²) >= 11 is 5.80. The number of hydrogen-bond donors (Lipinski definition) is 0. The molecule has 0 saturated heterocycles. The Morgan fingerprint density at radius 3 is 2.88 bits per heavy atom. The number of nitrogens with zero attached hydrogens (tertiary/aromatic N) is 1. The molecule has 0 aliphatic rings. The van der Waals surface area contributed by atoms with Crippen molar-refractivity contribution in [1.82, 2.24) is 0 Å². The van der Waals surface area contributed by atoms with Crippen molar-refractivity contribution in [3.63, 3.8) is 0 Å². The summed E-state index contributed by atoms with van der Waals surface area (Å²) in [6.45, 7) is 3.54. The Kier molecular flexibility index (Phi) is 4.21. The molecule has 0 spiro atoms. The van der Waals surface area contributed by atoms with E-state index in [1.807, 2.05) is 0 Å². The lowest BCUT2D eigenvalue weighted by atomic mass is 10.0. The fourth-order valence-corrected chi connectivity index (χ4v) is 1.51. The van der Waals surface area contributed by atoms with Crippen molar-refractivity contribution in [3.05, 3.63) is 46.8 Å². The maximum Gasteiger partial charge on any atom is 0.179 e. The number of halogens is 2. The quantitative estimate of drug-likeness (QED) is 0.596. The summed E-state index contributed by atoms with van der Waals surface area (Å²) in [6.07, 6.45) is 1.72. The molecule has 0 bridgehead atoms. The van der Waals surface area contributed by atoms with Crippen molar-refractivity contribution in [3.8, 4) is 6.07 Å². The molecule has 2 nitrogen and oxygen atoms in total. The zero-order valence-corrected chi connectivity index (χ0v) is 9.22. The first-order valence-corrected chi connectivity index (χ1v) is 4.97. The highest BCUT2D eigenvalue weighted by atomic mass is 35.5. The third-order valence-corrected chi connectivity index (χ3v) is 2.39. The maximum absolute atomic E-state index is 13.4. The van der Waals surface area contributed by atoms with Crippen LogP contribution in [0.2, 0.25) is 5.02 Å². The molecule has 1 rings (SSSR count). The number of hydrogen-bond acceptors (Lipinski definition) is 2. The van der Waals surface area contributed by atoms with Crippen LogP contribution in [0.15, 0.2) is 24.8 Å². The van der Waals surface area contributed by atoms with Crippen LogP contribution in [0.25, 0.3) is 0 Å². The molecule has 1 aromatic carbocycles. The van der Waals surface area contributed by atoms with Crippen LogP contribution in [-0.2, 0) is 6.42 Å². The Labute approximate surface area is 98.0 Å². The van der Waals surface area contributed by atoms with Gasteiger partial charge in [0.1, 0.15) is 5.82 Å². The van der Waals surface area contributed by atoms with Gasteiger partial charge >= 0.3 is 0 Å². The lowest BCUT2D eigenvalue weighted by molar-refractivity contribution is 0.0994. The largest absolute Gasteiger partial charge is 0.293 e. The smallest absolute Gasteiger partial charge is 0.179 e. The van der Waals surface area contributed by atoms with E-state index >= 15 is 0 Å². The SMILES string of the molecule is C=CCc1cc(C(=O)CC#N)c(F)cc1Cl. The highest BCUT2D eigenvalue weighted by Crippen LogP contribution is 2.22. The fourth-order valence-electron chi connectivity index (χ4n) is 1.29. The summed E-state index contributed by atoms with van der Waals surface area (Å²) in [6, 6.07) is 4.15. The number of allylic oxidation sites excluding steroid dienone is 1. The molecule has 0 unspecified atom stereocenters. The van der Waals surface area contributed by atoms with Gasteiger partial charge < -0.3 is 0 Å². The van der Waals surface area contributed by atoms with Crippen molar-refractivity contribution in [2.24, 2.45) is 0 Å². The second-order valence-corrected chi connectivity index (χ2v) is 3.58. The van der Waals surface area contributed by atoms with Crippen LogP contribution >= 0.6 is 11.6 Å². The molecule has 0 N–H and O–H groups in total. The van der Waals surface area contributed by atoms with E-state index in [1.165, 1.54) is 6.07 Å². The minimum atomic E-state index is -0.696. The molecule has 4 heteroatoms. The third-order valence-electron chi connectivity index (χ3n) is 2.04. The number of carbonyl (C=O) groups is 1. The number of rotatable bonds is 4. The van der Waals surface area contributed by atoms with Gasteiger partial charge in [0.25, 0.3) is 0 Å². The van der Waals surface area contributed by atoms with Crippen LogP contribution in [-0.4, -0.2) is 5.78 Å². The second-order valence-electron chi connectivity index (χ2n) is 3.17. The van der Waals surface area contributed by atoms with Gasteiger partial charge in [-0.15, -0.1) is 6.58 Å². The lowest BCUT2D eigenvalue weighted by Crippen LogP contribution is -2.03. The van der Waals surface area contributed by atoms with Crippen LogP contribution in [0.3, 0.4) is 0 Å². The topological polar surface area (TPSA) is 40.9 Å². The van der Waals surface area contributed by atoms with E-state index in [4.69, 9.17) is 16.9 Å². The van der Waals surface area contributed by atoms with Gasteiger partial charge in [-0.2, -0.15) is 5.26 Å². The van der Waals surface area contributed by atoms with Gasteiger partial charge in [0.15, 0.2) is 5.78 Å². The Hall–Kier alpha value is -1.66. The zero-order chi connectivity index (χ0) is 12.1. The van der Waals surface area contributed by atoms with Crippen molar-refractivity contribution in [2.45, 2.75) is 12.8 Å². The first kappa shape index (κ1) is 12.4. The molecule has 82 valence electrons. The molecule has 1 aromatic rings. The standard InChI is InChI=1S/C12H9ClFNO/c1-2-3-8-6-9(12(16)4-5-15)11(14)7-10(8)13/h2,6-7H,1,3-4H2. The average Bonchev–Trinajstić information content (AvgIpc) is 2.22. The lowest BCUT2D eigenvalue weighted by Gasteiger charge is -2.05. The molecule has 0 aromatic heterocycles. The van der Waals surface area contributed by atoms with Crippen molar-refractivity contribution >= 4 is 17.4 Å². The van der Waals surface area contributed by atoms with Crippen molar-refractivity contribution in [2.75, 3.05) is 0 Å². The number of carbonyl (C=O) groups excluding carboxylic acids is 1. The highest BCUT2D eigenvalue weighted by molar-refractivity contribution is 6.31. The van der Waals surface area contributed by atoms with Gasteiger partial charge in [-0.1, -0.05) is 17.7 Å². The highest BCUT2D eigenvalue weighted by Gasteiger charge is 2.14.